The molecular formula is C19H27NO3. The largest absolute Gasteiger partial charge is 0.444 e. The number of benzene rings is 1. The Morgan fingerprint density at radius 3 is 2.70 bits per heavy atom. The number of hydrogen-bond acceptors (Lipinski definition) is 3. The second kappa shape index (κ2) is 6.16. The lowest BCUT2D eigenvalue weighted by atomic mass is 9.96. The number of carbonyl (C=O) groups excluding carboxylic acids is 1. The molecule has 0 N–H and O–H groups in total. The number of rotatable bonds is 4. The average molecular weight is 317 g/mol. The normalized spacial score (nSPS) is 26.6. The van der Waals surface area contributed by atoms with E-state index >= 15 is 0 Å². The molecule has 2 aliphatic rings. The monoisotopic (exact) mass is 317 g/mol. The highest BCUT2D eigenvalue weighted by Crippen LogP contribution is 2.58. The fourth-order valence-electron chi connectivity index (χ4n) is 3.40. The minimum absolute atomic E-state index is 0.178. The van der Waals surface area contributed by atoms with E-state index in [1.165, 1.54) is 12.0 Å². The summed E-state index contributed by atoms with van der Waals surface area (Å²) in [5, 5.41) is 0. The number of likely N-dealkylation sites (tertiary alicyclic amines) is 1. The van der Waals surface area contributed by atoms with E-state index in [1.54, 1.807) is 0 Å². The van der Waals surface area contributed by atoms with Crippen LogP contribution in [0.3, 0.4) is 0 Å². The molecule has 23 heavy (non-hydrogen) atoms. The number of ether oxygens (including phenoxy) is 2. The molecule has 126 valence electrons. The number of carbonyl (C=O) groups is 1. The molecule has 0 spiro atoms. The first-order valence-corrected chi connectivity index (χ1v) is 8.48. The van der Waals surface area contributed by atoms with Crippen LogP contribution in [0.5, 0.6) is 0 Å². The summed E-state index contributed by atoms with van der Waals surface area (Å²) >= 11 is 0. The summed E-state index contributed by atoms with van der Waals surface area (Å²) in [6, 6.07) is 10.3. The Balaban J connectivity index is 1.44. The molecule has 4 nitrogen and oxygen atoms in total. The topological polar surface area (TPSA) is 38.8 Å². The summed E-state index contributed by atoms with van der Waals surface area (Å²) in [7, 11) is 0. The highest BCUT2D eigenvalue weighted by molar-refractivity contribution is 5.68. The van der Waals surface area contributed by atoms with Crippen LogP contribution in [0, 0.1) is 11.3 Å². The van der Waals surface area contributed by atoms with E-state index in [4.69, 9.17) is 9.47 Å². The number of nitrogens with zero attached hydrogens (tertiary/aromatic N) is 1. The van der Waals surface area contributed by atoms with Gasteiger partial charge in [0.1, 0.15) is 5.60 Å². The first-order chi connectivity index (χ1) is 10.9. The van der Waals surface area contributed by atoms with E-state index in [0.717, 1.165) is 26.1 Å². The minimum atomic E-state index is -0.423. The molecule has 2 unspecified atom stereocenters. The summed E-state index contributed by atoms with van der Waals surface area (Å²) in [5.74, 6) is 0.569. The Hall–Kier alpha value is -1.55. The number of hydrogen-bond donors (Lipinski definition) is 0. The van der Waals surface area contributed by atoms with Gasteiger partial charge in [0, 0.05) is 18.5 Å². The summed E-state index contributed by atoms with van der Waals surface area (Å²) in [6.45, 7) is 8.79. The highest BCUT2D eigenvalue weighted by Gasteiger charge is 2.57. The van der Waals surface area contributed by atoms with Gasteiger partial charge in [-0.3, -0.25) is 0 Å². The summed E-state index contributed by atoms with van der Waals surface area (Å²) in [5.41, 5.74) is 1.09. The molecule has 1 aliphatic heterocycles. The van der Waals surface area contributed by atoms with E-state index in [9.17, 15) is 4.79 Å². The van der Waals surface area contributed by atoms with Crippen molar-refractivity contribution in [3.05, 3.63) is 35.9 Å². The quantitative estimate of drug-likeness (QED) is 0.846. The maximum absolute atomic E-state index is 12.2. The van der Waals surface area contributed by atoms with Gasteiger partial charge in [0.15, 0.2) is 0 Å². The first kappa shape index (κ1) is 16.3. The lowest BCUT2D eigenvalue weighted by Gasteiger charge is -2.33. The van der Waals surface area contributed by atoms with Crippen molar-refractivity contribution >= 4 is 6.09 Å². The SMILES string of the molecule is CC(C)(C)OC(=O)N1CCC2(COCc3ccccc3)CC2C1. The molecule has 4 heteroatoms. The van der Waals surface area contributed by atoms with Crippen LogP contribution in [0.2, 0.25) is 0 Å². The van der Waals surface area contributed by atoms with Gasteiger partial charge >= 0.3 is 6.09 Å². The Labute approximate surface area is 138 Å². The van der Waals surface area contributed by atoms with Crippen molar-refractivity contribution in [2.75, 3.05) is 19.7 Å². The minimum Gasteiger partial charge on any atom is -0.444 e. The number of piperidine rings is 1. The van der Waals surface area contributed by atoms with Crippen LogP contribution >= 0.6 is 0 Å². The van der Waals surface area contributed by atoms with Gasteiger partial charge in [-0.05, 0) is 45.1 Å². The molecule has 3 rings (SSSR count). The second-order valence-corrected chi connectivity index (χ2v) is 7.92. The molecule has 0 bridgehead atoms. The Bertz CT molecular complexity index is 551. The van der Waals surface area contributed by atoms with Crippen molar-refractivity contribution in [1.82, 2.24) is 4.90 Å². The van der Waals surface area contributed by atoms with E-state index in [1.807, 2.05) is 43.9 Å². The van der Waals surface area contributed by atoms with Gasteiger partial charge in [-0.1, -0.05) is 30.3 Å². The Morgan fingerprint density at radius 1 is 1.30 bits per heavy atom. The fraction of sp³-hybridized carbons (Fsp3) is 0.632. The predicted molar refractivity (Wildman–Crippen MR) is 89.1 cm³/mol. The van der Waals surface area contributed by atoms with Crippen molar-refractivity contribution in [2.45, 2.75) is 45.8 Å². The van der Waals surface area contributed by atoms with Crippen molar-refractivity contribution in [3.63, 3.8) is 0 Å². The third kappa shape index (κ3) is 4.05. The van der Waals surface area contributed by atoms with Crippen LogP contribution in [0.1, 0.15) is 39.2 Å². The van der Waals surface area contributed by atoms with Crippen molar-refractivity contribution < 1.29 is 14.3 Å². The smallest absolute Gasteiger partial charge is 0.410 e. The van der Waals surface area contributed by atoms with Crippen molar-refractivity contribution in [3.8, 4) is 0 Å². The first-order valence-electron chi connectivity index (χ1n) is 8.48. The van der Waals surface area contributed by atoms with Gasteiger partial charge in [0.25, 0.3) is 0 Å². The number of fused-ring (bicyclic) bond motifs is 1. The predicted octanol–water partition coefficient (Wildman–Crippen LogP) is 3.85. The van der Waals surface area contributed by atoms with Gasteiger partial charge < -0.3 is 14.4 Å². The summed E-state index contributed by atoms with van der Waals surface area (Å²) < 4.78 is 11.4. The summed E-state index contributed by atoms with van der Waals surface area (Å²) in [4.78, 5) is 14.0. The molecule has 1 amide bonds. The van der Waals surface area contributed by atoms with E-state index < -0.39 is 5.60 Å². The lowest BCUT2D eigenvalue weighted by Crippen LogP contribution is -2.43. The van der Waals surface area contributed by atoms with Gasteiger partial charge in [-0.2, -0.15) is 0 Å². The molecule has 2 atom stereocenters. The zero-order valence-electron chi connectivity index (χ0n) is 14.4. The zero-order chi connectivity index (χ0) is 16.5. The third-order valence-electron chi connectivity index (χ3n) is 4.83. The molecular weight excluding hydrogens is 290 g/mol. The van der Waals surface area contributed by atoms with E-state index in [-0.39, 0.29) is 6.09 Å². The third-order valence-corrected chi connectivity index (χ3v) is 4.83. The Morgan fingerprint density at radius 2 is 2.04 bits per heavy atom. The molecule has 0 aromatic heterocycles. The fourth-order valence-corrected chi connectivity index (χ4v) is 3.40. The lowest BCUT2D eigenvalue weighted by molar-refractivity contribution is 0.00825. The van der Waals surface area contributed by atoms with Crippen LogP contribution in [0.15, 0.2) is 30.3 Å². The maximum atomic E-state index is 12.2. The molecule has 1 saturated carbocycles. The molecule has 0 radical (unpaired) electrons. The average Bonchev–Trinajstić information content (AvgIpc) is 3.20. The van der Waals surface area contributed by atoms with Crippen LogP contribution in [0.4, 0.5) is 4.79 Å². The van der Waals surface area contributed by atoms with Crippen LogP contribution < -0.4 is 0 Å². The molecule has 1 saturated heterocycles. The highest BCUT2D eigenvalue weighted by atomic mass is 16.6. The molecule has 1 aromatic carbocycles. The maximum Gasteiger partial charge on any atom is 0.410 e. The van der Waals surface area contributed by atoms with Gasteiger partial charge in [-0.15, -0.1) is 0 Å². The van der Waals surface area contributed by atoms with E-state index in [2.05, 4.69) is 12.1 Å². The standard InChI is InChI=1S/C19H27NO3/c1-18(2,3)23-17(21)20-10-9-19(11-16(19)12-20)14-22-13-15-7-5-4-6-8-15/h4-8,16H,9-14H2,1-3H3. The van der Waals surface area contributed by atoms with Crippen molar-refractivity contribution in [1.29, 1.82) is 0 Å². The van der Waals surface area contributed by atoms with E-state index in [0.29, 0.717) is 17.9 Å². The zero-order valence-corrected chi connectivity index (χ0v) is 14.4. The molecule has 2 fully saturated rings. The molecule has 1 aromatic rings. The van der Waals surface area contributed by atoms with Gasteiger partial charge in [-0.25, -0.2) is 4.79 Å². The van der Waals surface area contributed by atoms with Crippen LogP contribution in [-0.4, -0.2) is 36.3 Å². The number of amides is 1. The van der Waals surface area contributed by atoms with Gasteiger partial charge in [0.05, 0.1) is 13.2 Å². The second-order valence-electron chi connectivity index (χ2n) is 7.92. The van der Waals surface area contributed by atoms with Crippen LogP contribution in [0.25, 0.3) is 0 Å². The Kier molecular flexibility index (Phi) is 4.37. The molecule has 1 heterocycles. The molecule has 1 aliphatic carbocycles. The summed E-state index contributed by atoms with van der Waals surface area (Å²) in [6.07, 6.45) is 2.01. The van der Waals surface area contributed by atoms with Crippen molar-refractivity contribution in [2.24, 2.45) is 11.3 Å². The van der Waals surface area contributed by atoms with Gasteiger partial charge in [0.2, 0.25) is 0 Å². The van der Waals surface area contributed by atoms with Crippen LogP contribution in [-0.2, 0) is 16.1 Å².